The minimum Gasteiger partial charge on any atom is -0.396 e. The predicted octanol–water partition coefficient (Wildman–Crippen LogP) is 0.954. The second-order valence-electron chi connectivity index (χ2n) is 3.83. The van der Waals surface area contributed by atoms with Gasteiger partial charge in [0.25, 0.3) is 0 Å². The number of hydrogen-bond donors (Lipinski definition) is 1. The van der Waals surface area contributed by atoms with Crippen molar-refractivity contribution in [3.05, 3.63) is 0 Å². The van der Waals surface area contributed by atoms with E-state index >= 15 is 0 Å². The average molecular weight is 218 g/mol. The summed E-state index contributed by atoms with van der Waals surface area (Å²) in [5, 5.41) is 8.79. The normalized spacial score (nSPS) is 23.7. The van der Waals surface area contributed by atoms with Gasteiger partial charge in [-0.1, -0.05) is 6.92 Å². The maximum atomic E-state index is 11.6. The molecular formula is C10H18O3S. The van der Waals surface area contributed by atoms with Crippen LogP contribution in [0.25, 0.3) is 0 Å². The molecule has 2 unspecified atom stereocenters. The molecule has 14 heavy (non-hydrogen) atoms. The first-order valence-electron chi connectivity index (χ1n) is 5.03. The molecule has 0 amide bonds. The van der Waals surface area contributed by atoms with Crippen LogP contribution in [0.4, 0.5) is 0 Å². The summed E-state index contributed by atoms with van der Waals surface area (Å²) in [4.78, 5) is 11.6. The van der Waals surface area contributed by atoms with Gasteiger partial charge in [0, 0.05) is 19.1 Å². The summed E-state index contributed by atoms with van der Waals surface area (Å²) in [6.07, 6.45) is 0.884. The number of hydrogen-bond acceptors (Lipinski definition) is 4. The summed E-state index contributed by atoms with van der Waals surface area (Å²) >= 11 is 1.62. The molecule has 2 atom stereocenters. The molecule has 1 N–H and O–H groups in total. The summed E-state index contributed by atoms with van der Waals surface area (Å²) in [5.74, 6) is 2.14. The van der Waals surface area contributed by atoms with Crippen LogP contribution in [0.3, 0.4) is 0 Å². The molecule has 1 saturated heterocycles. The van der Waals surface area contributed by atoms with E-state index in [4.69, 9.17) is 9.84 Å². The Hall–Kier alpha value is -0.0600. The van der Waals surface area contributed by atoms with E-state index in [1.54, 1.807) is 11.8 Å². The van der Waals surface area contributed by atoms with Crippen LogP contribution in [-0.2, 0) is 9.53 Å². The van der Waals surface area contributed by atoms with Gasteiger partial charge in [0.1, 0.15) is 5.78 Å². The third-order valence-electron chi connectivity index (χ3n) is 2.34. The lowest BCUT2D eigenvalue weighted by Gasteiger charge is -2.08. The Bertz CT molecular complexity index is 178. The Morgan fingerprint density at radius 3 is 3.07 bits per heavy atom. The molecule has 0 aliphatic carbocycles. The van der Waals surface area contributed by atoms with Crippen molar-refractivity contribution < 1.29 is 14.6 Å². The Morgan fingerprint density at radius 1 is 1.71 bits per heavy atom. The van der Waals surface area contributed by atoms with Gasteiger partial charge >= 0.3 is 0 Å². The summed E-state index contributed by atoms with van der Waals surface area (Å²) in [6.45, 7) is 3.52. The van der Waals surface area contributed by atoms with Crippen LogP contribution in [-0.4, -0.2) is 42.2 Å². The molecule has 82 valence electrons. The topological polar surface area (TPSA) is 46.5 Å². The van der Waals surface area contributed by atoms with Crippen molar-refractivity contribution in [1.82, 2.24) is 0 Å². The number of ether oxygens (including phenoxy) is 1. The van der Waals surface area contributed by atoms with E-state index in [0.29, 0.717) is 18.1 Å². The average Bonchev–Trinajstić information content (AvgIpc) is 2.70. The van der Waals surface area contributed by atoms with Crippen molar-refractivity contribution in [2.24, 2.45) is 11.8 Å². The van der Waals surface area contributed by atoms with Gasteiger partial charge in [-0.15, -0.1) is 0 Å². The number of thioether (sulfide) groups is 1. The number of rotatable bonds is 6. The second-order valence-corrected chi connectivity index (χ2v) is 4.86. The van der Waals surface area contributed by atoms with Gasteiger partial charge in [-0.05, 0) is 18.1 Å². The van der Waals surface area contributed by atoms with Crippen LogP contribution < -0.4 is 0 Å². The molecule has 0 saturated carbocycles. The van der Waals surface area contributed by atoms with Gasteiger partial charge in [0.2, 0.25) is 0 Å². The maximum Gasteiger partial charge on any atom is 0.148 e. The van der Waals surface area contributed by atoms with Gasteiger partial charge in [-0.2, -0.15) is 11.8 Å². The highest BCUT2D eigenvalue weighted by atomic mass is 32.2. The van der Waals surface area contributed by atoms with E-state index in [0.717, 1.165) is 18.8 Å². The lowest BCUT2D eigenvalue weighted by molar-refractivity contribution is -0.120. The highest BCUT2D eigenvalue weighted by Crippen LogP contribution is 2.17. The number of aliphatic hydroxyl groups is 1. The summed E-state index contributed by atoms with van der Waals surface area (Å²) < 4.78 is 5.16. The monoisotopic (exact) mass is 218 g/mol. The van der Waals surface area contributed by atoms with E-state index < -0.39 is 0 Å². The highest BCUT2D eigenvalue weighted by Gasteiger charge is 2.22. The number of Topliss-reactive ketones (excluding diaryl/α,β-unsaturated/α-hetero) is 1. The second kappa shape index (κ2) is 6.43. The summed E-state index contributed by atoms with van der Waals surface area (Å²) in [6, 6.07) is 0. The van der Waals surface area contributed by atoms with E-state index in [1.165, 1.54) is 0 Å². The molecule has 0 spiro atoms. The fraction of sp³-hybridized carbons (Fsp3) is 0.900. The quantitative estimate of drug-likeness (QED) is 0.721. The zero-order valence-corrected chi connectivity index (χ0v) is 9.39. The standard InChI is InChI=1S/C10H18O3S/c1-8(4-11)6-14-7-10(12)9-2-3-13-5-9/h8-9,11H,2-7H2,1H3. The molecule has 1 heterocycles. The number of aliphatic hydroxyl groups excluding tert-OH is 1. The fourth-order valence-corrected chi connectivity index (χ4v) is 2.38. The molecule has 0 radical (unpaired) electrons. The van der Waals surface area contributed by atoms with Gasteiger partial charge in [-0.25, -0.2) is 0 Å². The molecule has 4 heteroatoms. The molecule has 1 rings (SSSR count). The minimum atomic E-state index is 0.131. The molecule has 0 aromatic rings. The number of carbonyl (C=O) groups excluding carboxylic acids is 1. The molecule has 0 bridgehead atoms. The van der Waals surface area contributed by atoms with Crippen molar-refractivity contribution in [2.45, 2.75) is 13.3 Å². The highest BCUT2D eigenvalue weighted by molar-refractivity contribution is 7.99. The first-order valence-corrected chi connectivity index (χ1v) is 6.18. The number of ketones is 1. The number of carbonyl (C=O) groups is 1. The van der Waals surface area contributed by atoms with E-state index in [9.17, 15) is 4.79 Å². The van der Waals surface area contributed by atoms with Crippen molar-refractivity contribution in [2.75, 3.05) is 31.3 Å². The van der Waals surface area contributed by atoms with Gasteiger partial charge in [-0.3, -0.25) is 4.79 Å². The first-order chi connectivity index (χ1) is 6.74. The van der Waals surface area contributed by atoms with Gasteiger partial charge in [0.15, 0.2) is 0 Å². The summed E-state index contributed by atoms with van der Waals surface area (Å²) in [5.41, 5.74) is 0. The van der Waals surface area contributed by atoms with E-state index in [2.05, 4.69) is 0 Å². The molecule has 1 aliphatic rings. The zero-order valence-electron chi connectivity index (χ0n) is 8.57. The fourth-order valence-electron chi connectivity index (χ4n) is 1.32. The smallest absolute Gasteiger partial charge is 0.148 e. The lowest BCUT2D eigenvalue weighted by Crippen LogP contribution is -2.17. The molecule has 0 aromatic heterocycles. The van der Waals surface area contributed by atoms with Crippen molar-refractivity contribution >= 4 is 17.5 Å². The molecule has 1 aliphatic heterocycles. The third-order valence-corrected chi connectivity index (χ3v) is 3.64. The van der Waals surface area contributed by atoms with Crippen LogP contribution in [0.15, 0.2) is 0 Å². The Kier molecular flexibility index (Phi) is 5.52. The molecular weight excluding hydrogens is 200 g/mol. The summed E-state index contributed by atoms with van der Waals surface area (Å²) in [7, 11) is 0. The molecule has 3 nitrogen and oxygen atoms in total. The van der Waals surface area contributed by atoms with Crippen LogP contribution >= 0.6 is 11.8 Å². The van der Waals surface area contributed by atoms with Gasteiger partial charge in [0.05, 0.1) is 12.4 Å². The molecule has 1 fully saturated rings. The SMILES string of the molecule is CC(CO)CSCC(=O)C1CCOC1. The zero-order chi connectivity index (χ0) is 10.4. The minimum absolute atomic E-state index is 0.131. The predicted molar refractivity (Wildman–Crippen MR) is 57.5 cm³/mol. The van der Waals surface area contributed by atoms with Crippen LogP contribution in [0.5, 0.6) is 0 Å². The van der Waals surface area contributed by atoms with E-state index in [1.807, 2.05) is 6.92 Å². The first kappa shape index (κ1) is 12.0. The van der Waals surface area contributed by atoms with Crippen molar-refractivity contribution in [1.29, 1.82) is 0 Å². The Labute approximate surface area is 89.2 Å². The Balaban J connectivity index is 2.08. The van der Waals surface area contributed by atoms with Gasteiger partial charge < -0.3 is 9.84 Å². The lowest BCUT2D eigenvalue weighted by atomic mass is 10.1. The van der Waals surface area contributed by atoms with E-state index in [-0.39, 0.29) is 18.4 Å². The van der Waals surface area contributed by atoms with Crippen LogP contribution in [0.2, 0.25) is 0 Å². The largest absolute Gasteiger partial charge is 0.396 e. The van der Waals surface area contributed by atoms with Crippen molar-refractivity contribution in [3.8, 4) is 0 Å². The maximum absolute atomic E-state index is 11.6. The van der Waals surface area contributed by atoms with Crippen molar-refractivity contribution in [3.63, 3.8) is 0 Å². The molecule has 0 aromatic carbocycles. The third kappa shape index (κ3) is 3.98. The van der Waals surface area contributed by atoms with Crippen LogP contribution in [0, 0.1) is 11.8 Å². The van der Waals surface area contributed by atoms with Crippen LogP contribution in [0.1, 0.15) is 13.3 Å². The Morgan fingerprint density at radius 2 is 2.50 bits per heavy atom.